The highest BCUT2D eigenvalue weighted by Crippen LogP contribution is 2.27. The lowest BCUT2D eigenvalue weighted by Gasteiger charge is -2.16. The number of carboxylic acid groups (broad SMARTS) is 2. The number of hydrogen-bond donors (Lipinski definition) is 2. The fourth-order valence-corrected chi connectivity index (χ4v) is 5.09. The van der Waals surface area contributed by atoms with Crippen LogP contribution in [0.15, 0.2) is 18.2 Å². The number of carbonyl (C=O) groups is 2. The molecule has 0 heterocycles. The Balaban J connectivity index is 2.45. The van der Waals surface area contributed by atoms with Crippen molar-refractivity contribution in [1.82, 2.24) is 0 Å². The molecule has 5 nitrogen and oxygen atoms in total. The largest absolute Gasteiger partial charge is 0.493 e. The highest BCUT2D eigenvalue weighted by atomic mass is 16.5. The molecule has 38 heavy (non-hydrogen) atoms. The van der Waals surface area contributed by atoms with Crippen molar-refractivity contribution in [3.8, 4) is 5.75 Å². The standard InChI is InChI=1S/C33H56O5/c1-2-3-4-15-20-28-38-31-25-21-23-29(22-16-11-7-5-9-13-18-26-32(34)35)30(31)24-17-12-8-6-10-14-19-27-33(36)37/h21,23,25H,2-20,22,24,26-28H2,1H3,(H,34,35)(H,36,37). The van der Waals surface area contributed by atoms with Gasteiger partial charge in [0, 0.05) is 12.8 Å². The maximum Gasteiger partial charge on any atom is 0.303 e. The summed E-state index contributed by atoms with van der Waals surface area (Å²) in [6.45, 7) is 3.05. The average Bonchev–Trinajstić information content (AvgIpc) is 2.89. The molecule has 0 aliphatic rings. The van der Waals surface area contributed by atoms with Gasteiger partial charge in [0.2, 0.25) is 0 Å². The zero-order chi connectivity index (χ0) is 27.7. The summed E-state index contributed by atoms with van der Waals surface area (Å²) in [5, 5.41) is 17.5. The molecular formula is C33H56O5. The third kappa shape index (κ3) is 19.1. The summed E-state index contributed by atoms with van der Waals surface area (Å²) < 4.78 is 6.31. The predicted molar refractivity (Wildman–Crippen MR) is 157 cm³/mol. The number of ether oxygens (including phenoxy) is 1. The molecule has 1 aromatic rings. The third-order valence-corrected chi connectivity index (χ3v) is 7.39. The molecule has 0 spiro atoms. The van der Waals surface area contributed by atoms with Gasteiger partial charge in [0.05, 0.1) is 6.61 Å². The van der Waals surface area contributed by atoms with Crippen LogP contribution in [-0.4, -0.2) is 28.8 Å². The van der Waals surface area contributed by atoms with Crippen LogP contribution in [0.25, 0.3) is 0 Å². The summed E-state index contributed by atoms with van der Waals surface area (Å²) in [6.07, 6.45) is 24.6. The Bertz CT molecular complexity index is 730. The lowest BCUT2D eigenvalue weighted by molar-refractivity contribution is -0.138. The zero-order valence-electron chi connectivity index (χ0n) is 24.3. The normalized spacial score (nSPS) is 11.1. The van der Waals surface area contributed by atoms with Crippen molar-refractivity contribution in [2.45, 2.75) is 155 Å². The average molecular weight is 533 g/mol. The summed E-state index contributed by atoms with van der Waals surface area (Å²) >= 11 is 0. The molecular weight excluding hydrogens is 476 g/mol. The summed E-state index contributed by atoms with van der Waals surface area (Å²) in [5.41, 5.74) is 2.86. The van der Waals surface area contributed by atoms with Crippen LogP contribution in [0, 0.1) is 0 Å². The predicted octanol–water partition coefficient (Wildman–Crippen LogP) is 9.53. The molecule has 0 saturated heterocycles. The van der Waals surface area contributed by atoms with Crippen LogP contribution in [0.3, 0.4) is 0 Å². The maximum absolute atomic E-state index is 10.6. The number of rotatable bonds is 27. The Labute approximate surface area is 232 Å². The van der Waals surface area contributed by atoms with E-state index in [0.717, 1.165) is 70.1 Å². The Morgan fingerprint density at radius 1 is 0.605 bits per heavy atom. The molecule has 0 aliphatic heterocycles. The van der Waals surface area contributed by atoms with Crippen LogP contribution < -0.4 is 4.74 Å². The minimum Gasteiger partial charge on any atom is -0.493 e. The van der Waals surface area contributed by atoms with Crippen LogP contribution in [0.4, 0.5) is 0 Å². The summed E-state index contributed by atoms with van der Waals surface area (Å²) in [4.78, 5) is 21.2. The van der Waals surface area contributed by atoms with E-state index in [1.165, 1.54) is 88.2 Å². The van der Waals surface area contributed by atoms with Gasteiger partial charge in [-0.3, -0.25) is 9.59 Å². The van der Waals surface area contributed by atoms with E-state index in [1.807, 2.05) is 0 Å². The van der Waals surface area contributed by atoms with E-state index in [2.05, 4.69) is 25.1 Å². The van der Waals surface area contributed by atoms with E-state index in [1.54, 1.807) is 0 Å². The van der Waals surface area contributed by atoms with E-state index < -0.39 is 11.9 Å². The van der Waals surface area contributed by atoms with Crippen molar-refractivity contribution in [1.29, 1.82) is 0 Å². The molecule has 0 unspecified atom stereocenters. The summed E-state index contributed by atoms with van der Waals surface area (Å²) in [5.74, 6) is -0.280. The van der Waals surface area contributed by atoms with E-state index in [0.29, 0.717) is 12.8 Å². The Hall–Kier alpha value is -2.04. The minimum absolute atomic E-state index is 0.297. The van der Waals surface area contributed by atoms with Gasteiger partial charge in [0.1, 0.15) is 5.75 Å². The lowest BCUT2D eigenvalue weighted by Crippen LogP contribution is -2.04. The first-order chi connectivity index (χ1) is 18.5. The smallest absolute Gasteiger partial charge is 0.303 e. The van der Waals surface area contributed by atoms with Crippen LogP contribution >= 0.6 is 0 Å². The van der Waals surface area contributed by atoms with E-state index in [9.17, 15) is 9.59 Å². The van der Waals surface area contributed by atoms with Gasteiger partial charge < -0.3 is 14.9 Å². The topological polar surface area (TPSA) is 83.8 Å². The van der Waals surface area contributed by atoms with E-state index >= 15 is 0 Å². The molecule has 0 saturated carbocycles. The van der Waals surface area contributed by atoms with Crippen molar-refractivity contribution >= 4 is 11.9 Å². The molecule has 0 aliphatic carbocycles. The van der Waals surface area contributed by atoms with Crippen molar-refractivity contribution in [3.63, 3.8) is 0 Å². The molecule has 1 rings (SSSR count). The van der Waals surface area contributed by atoms with Crippen molar-refractivity contribution in [2.75, 3.05) is 6.61 Å². The number of aryl methyl sites for hydroxylation is 1. The highest BCUT2D eigenvalue weighted by Gasteiger charge is 2.10. The van der Waals surface area contributed by atoms with Crippen LogP contribution in [-0.2, 0) is 22.4 Å². The molecule has 0 aromatic heterocycles. The zero-order valence-corrected chi connectivity index (χ0v) is 24.3. The van der Waals surface area contributed by atoms with E-state index in [-0.39, 0.29) is 0 Å². The fourth-order valence-electron chi connectivity index (χ4n) is 5.09. The van der Waals surface area contributed by atoms with E-state index in [4.69, 9.17) is 14.9 Å². The molecule has 5 heteroatoms. The quantitative estimate of drug-likeness (QED) is 0.110. The molecule has 0 fully saturated rings. The van der Waals surface area contributed by atoms with Gasteiger partial charge in [-0.05, 0) is 62.1 Å². The monoisotopic (exact) mass is 532 g/mol. The van der Waals surface area contributed by atoms with Gasteiger partial charge in [-0.1, -0.05) is 109 Å². The Kier molecular flexibility index (Phi) is 21.5. The first kappa shape index (κ1) is 34.0. The van der Waals surface area contributed by atoms with Gasteiger partial charge in [-0.2, -0.15) is 0 Å². The lowest BCUT2D eigenvalue weighted by atomic mass is 9.95. The fraction of sp³-hybridized carbons (Fsp3) is 0.758. The molecule has 2 N–H and O–H groups in total. The maximum atomic E-state index is 10.6. The Morgan fingerprint density at radius 2 is 1.08 bits per heavy atom. The Morgan fingerprint density at radius 3 is 1.63 bits per heavy atom. The summed E-state index contributed by atoms with van der Waals surface area (Å²) in [7, 11) is 0. The summed E-state index contributed by atoms with van der Waals surface area (Å²) in [6, 6.07) is 6.60. The number of hydrogen-bond acceptors (Lipinski definition) is 3. The number of aliphatic carboxylic acids is 2. The number of carboxylic acids is 2. The molecule has 0 radical (unpaired) electrons. The van der Waals surface area contributed by atoms with Crippen molar-refractivity contribution in [3.05, 3.63) is 29.3 Å². The van der Waals surface area contributed by atoms with Crippen molar-refractivity contribution < 1.29 is 24.5 Å². The molecule has 0 amide bonds. The third-order valence-electron chi connectivity index (χ3n) is 7.39. The van der Waals surface area contributed by atoms with Crippen molar-refractivity contribution in [2.24, 2.45) is 0 Å². The molecule has 0 bridgehead atoms. The second kappa shape index (κ2) is 24.0. The van der Waals surface area contributed by atoms with Gasteiger partial charge >= 0.3 is 11.9 Å². The first-order valence-corrected chi connectivity index (χ1v) is 15.7. The van der Waals surface area contributed by atoms with Gasteiger partial charge in [-0.25, -0.2) is 0 Å². The van der Waals surface area contributed by atoms with Gasteiger partial charge in [-0.15, -0.1) is 0 Å². The molecule has 0 atom stereocenters. The number of benzene rings is 1. The minimum atomic E-state index is -0.685. The number of unbranched alkanes of at least 4 members (excludes halogenated alkanes) is 16. The van der Waals surface area contributed by atoms with Gasteiger partial charge in [0.15, 0.2) is 0 Å². The second-order valence-electron chi connectivity index (χ2n) is 10.9. The van der Waals surface area contributed by atoms with Gasteiger partial charge in [0.25, 0.3) is 0 Å². The van der Waals surface area contributed by atoms with Crippen LogP contribution in [0.2, 0.25) is 0 Å². The first-order valence-electron chi connectivity index (χ1n) is 15.7. The highest BCUT2D eigenvalue weighted by molar-refractivity contribution is 5.66. The van der Waals surface area contributed by atoms with Crippen LogP contribution in [0.1, 0.15) is 153 Å². The van der Waals surface area contributed by atoms with Crippen LogP contribution in [0.5, 0.6) is 5.75 Å². The molecule has 1 aromatic carbocycles. The molecule has 218 valence electrons. The SMILES string of the molecule is CCCCCCCOc1cccc(CCCCCCCCCC(=O)O)c1CCCCCCCCCC(=O)O. The second-order valence-corrected chi connectivity index (χ2v) is 10.9.